The van der Waals surface area contributed by atoms with Crippen molar-refractivity contribution in [2.45, 2.75) is 6.42 Å². The predicted molar refractivity (Wildman–Crippen MR) is 123 cm³/mol. The molecule has 1 saturated heterocycles. The number of anilines is 1. The van der Waals surface area contributed by atoms with E-state index in [1.165, 1.54) is 0 Å². The zero-order chi connectivity index (χ0) is 22.5. The molecule has 0 aliphatic carbocycles. The van der Waals surface area contributed by atoms with Crippen LogP contribution in [0.2, 0.25) is 0 Å². The number of nitrogens with zero attached hydrogens (tertiary/aromatic N) is 5. The van der Waals surface area contributed by atoms with Crippen molar-refractivity contribution in [3.05, 3.63) is 48.1 Å². The summed E-state index contributed by atoms with van der Waals surface area (Å²) in [7, 11) is 5.57. The van der Waals surface area contributed by atoms with Gasteiger partial charge in [0.05, 0.1) is 12.8 Å². The number of carbonyl (C=O) groups excluding carboxylic acids is 1. The lowest BCUT2D eigenvalue weighted by atomic mass is 10.2. The van der Waals surface area contributed by atoms with E-state index in [0.717, 1.165) is 30.9 Å². The number of pyridine rings is 1. The number of hydrogen-bond acceptors (Lipinski definition) is 7. The van der Waals surface area contributed by atoms with Crippen molar-refractivity contribution in [3.8, 4) is 17.6 Å². The minimum Gasteiger partial charge on any atom is -0.494 e. The molecule has 0 unspecified atom stereocenters. The van der Waals surface area contributed by atoms with Crippen LogP contribution >= 0.6 is 0 Å². The van der Waals surface area contributed by atoms with Gasteiger partial charge >= 0.3 is 0 Å². The lowest BCUT2D eigenvalue weighted by molar-refractivity contribution is -0.131. The summed E-state index contributed by atoms with van der Waals surface area (Å²) in [6.45, 7) is 3.58. The largest absolute Gasteiger partial charge is 0.494 e. The zero-order valence-corrected chi connectivity index (χ0v) is 18.7. The van der Waals surface area contributed by atoms with Crippen LogP contribution < -0.4 is 9.64 Å². The molecule has 2 aromatic heterocycles. The fourth-order valence-corrected chi connectivity index (χ4v) is 3.67. The summed E-state index contributed by atoms with van der Waals surface area (Å²) >= 11 is 0. The van der Waals surface area contributed by atoms with Gasteiger partial charge < -0.3 is 23.9 Å². The summed E-state index contributed by atoms with van der Waals surface area (Å²) in [6, 6.07) is 7.59. The number of benzene rings is 1. The average molecular weight is 434 g/mol. The van der Waals surface area contributed by atoms with Gasteiger partial charge in [0, 0.05) is 57.1 Å². The molecule has 8 nitrogen and oxygen atoms in total. The van der Waals surface area contributed by atoms with E-state index < -0.39 is 0 Å². The minimum absolute atomic E-state index is 0.200. The van der Waals surface area contributed by atoms with Gasteiger partial charge in [0.2, 0.25) is 5.91 Å². The molecular formula is C24H27N5O3. The number of aromatic nitrogens is 2. The van der Waals surface area contributed by atoms with E-state index in [9.17, 15) is 4.79 Å². The van der Waals surface area contributed by atoms with Gasteiger partial charge in [-0.15, -0.1) is 0 Å². The Balaban J connectivity index is 1.54. The number of rotatable bonds is 5. The van der Waals surface area contributed by atoms with Crippen LogP contribution in [0.5, 0.6) is 5.75 Å². The topological polar surface area (TPSA) is 74.9 Å². The maximum Gasteiger partial charge on any atom is 0.274 e. The lowest BCUT2D eigenvalue weighted by Gasteiger charge is -2.36. The molecule has 4 rings (SSSR count). The molecule has 0 bridgehead atoms. The van der Waals surface area contributed by atoms with E-state index in [1.54, 1.807) is 19.5 Å². The van der Waals surface area contributed by atoms with Crippen LogP contribution in [-0.2, 0) is 4.79 Å². The van der Waals surface area contributed by atoms with Crippen LogP contribution in [0.25, 0.3) is 11.1 Å². The Hall–Kier alpha value is -3.57. The Morgan fingerprint density at radius 3 is 2.69 bits per heavy atom. The average Bonchev–Trinajstić information content (AvgIpc) is 3.25. The number of amides is 1. The summed E-state index contributed by atoms with van der Waals surface area (Å²) in [5, 5.41) is 0. The van der Waals surface area contributed by atoms with Gasteiger partial charge in [0.15, 0.2) is 11.1 Å². The minimum atomic E-state index is 0.200. The number of oxazole rings is 1. The molecule has 0 N–H and O–H groups in total. The van der Waals surface area contributed by atoms with Crippen molar-refractivity contribution in [1.29, 1.82) is 0 Å². The van der Waals surface area contributed by atoms with Gasteiger partial charge in [-0.1, -0.05) is 5.92 Å². The molecule has 0 spiro atoms. The number of methoxy groups -OCH3 is 1. The fourth-order valence-electron chi connectivity index (χ4n) is 3.67. The second-order valence-corrected chi connectivity index (χ2v) is 7.90. The number of fused-ring (bicyclic) bond motifs is 1. The van der Waals surface area contributed by atoms with E-state index >= 15 is 0 Å². The first-order chi connectivity index (χ1) is 15.5. The van der Waals surface area contributed by atoms with Gasteiger partial charge in [-0.25, -0.2) is 0 Å². The van der Waals surface area contributed by atoms with Crippen LogP contribution in [-0.4, -0.2) is 79.6 Å². The molecule has 1 fully saturated rings. The van der Waals surface area contributed by atoms with Crippen molar-refractivity contribution < 1.29 is 13.9 Å². The second kappa shape index (κ2) is 9.71. The number of hydrogen-bond donors (Lipinski definition) is 0. The normalized spacial score (nSPS) is 13.9. The smallest absolute Gasteiger partial charge is 0.274 e. The first kappa shape index (κ1) is 21.7. The molecule has 1 aromatic carbocycles. The summed E-state index contributed by atoms with van der Waals surface area (Å²) < 4.78 is 11.5. The lowest BCUT2D eigenvalue weighted by Crippen LogP contribution is -2.49. The summed E-state index contributed by atoms with van der Waals surface area (Å²) in [5.74, 6) is 7.17. The van der Waals surface area contributed by atoms with E-state index in [0.29, 0.717) is 42.3 Å². The standard InChI is InChI=1S/C24H27N5O3/c1-27(2)12-10-22(30)29-15-13-28(14-16-29)19-7-8-20(31-3)23-24(19)32-21(26-23)9-6-18-5-4-11-25-17-18/h4-5,7-8,11,17H,10,12-16H2,1-3H3. The van der Waals surface area contributed by atoms with Crippen molar-refractivity contribution in [2.75, 3.05) is 58.8 Å². The van der Waals surface area contributed by atoms with Gasteiger partial charge in [-0.2, -0.15) is 4.98 Å². The molecule has 1 aliphatic heterocycles. The van der Waals surface area contributed by atoms with Crippen molar-refractivity contribution in [2.24, 2.45) is 0 Å². The van der Waals surface area contributed by atoms with Crippen molar-refractivity contribution in [3.63, 3.8) is 0 Å². The third-order valence-corrected chi connectivity index (χ3v) is 5.43. The molecule has 166 valence electrons. The third kappa shape index (κ3) is 4.84. The molecule has 0 atom stereocenters. The predicted octanol–water partition coefficient (Wildman–Crippen LogP) is 2.23. The number of carbonyl (C=O) groups is 1. The van der Waals surface area contributed by atoms with Gasteiger partial charge in [-0.3, -0.25) is 9.78 Å². The van der Waals surface area contributed by atoms with Crippen LogP contribution in [0.4, 0.5) is 5.69 Å². The highest BCUT2D eigenvalue weighted by atomic mass is 16.5. The summed E-state index contributed by atoms with van der Waals surface area (Å²) in [4.78, 5) is 27.3. The Morgan fingerprint density at radius 2 is 2.00 bits per heavy atom. The molecule has 3 heterocycles. The number of ether oxygens (including phenoxy) is 1. The molecule has 1 amide bonds. The molecule has 3 aromatic rings. The van der Waals surface area contributed by atoms with Gasteiger partial charge in [0.1, 0.15) is 5.75 Å². The Kier molecular flexibility index (Phi) is 6.57. The second-order valence-electron chi connectivity index (χ2n) is 7.90. The fraction of sp³-hybridized carbons (Fsp3) is 0.375. The van der Waals surface area contributed by atoms with Crippen LogP contribution in [0, 0.1) is 11.8 Å². The first-order valence-corrected chi connectivity index (χ1v) is 10.6. The first-order valence-electron chi connectivity index (χ1n) is 10.6. The molecule has 0 radical (unpaired) electrons. The van der Waals surface area contributed by atoms with Gasteiger partial charge in [0.25, 0.3) is 5.89 Å². The quantitative estimate of drug-likeness (QED) is 0.571. The maximum atomic E-state index is 12.4. The molecule has 32 heavy (non-hydrogen) atoms. The molecule has 1 aliphatic rings. The van der Waals surface area contributed by atoms with E-state index in [2.05, 4.69) is 26.7 Å². The van der Waals surface area contributed by atoms with Crippen LogP contribution in [0.15, 0.2) is 41.1 Å². The summed E-state index contributed by atoms with van der Waals surface area (Å²) in [6.07, 6.45) is 3.94. The highest BCUT2D eigenvalue weighted by Crippen LogP contribution is 2.34. The molecular weight excluding hydrogens is 406 g/mol. The Morgan fingerprint density at radius 1 is 1.19 bits per heavy atom. The maximum absolute atomic E-state index is 12.4. The van der Waals surface area contributed by atoms with E-state index in [1.807, 2.05) is 48.2 Å². The zero-order valence-electron chi connectivity index (χ0n) is 18.7. The van der Waals surface area contributed by atoms with Crippen molar-refractivity contribution in [1.82, 2.24) is 19.8 Å². The Bertz CT molecular complexity index is 1140. The highest BCUT2D eigenvalue weighted by molar-refractivity contribution is 5.92. The third-order valence-electron chi connectivity index (χ3n) is 5.43. The number of piperazine rings is 1. The SMILES string of the molecule is COc1ccc(N2CCN(C(=O)CCN(C)C)CC2)c2oc(C#Cc3cccnc3)nc12. The van der Waals surface area contributed by atoms with Crippen LogP contribution in [0.3, 0.4) is 0 Å². The summed E-state index contributed by atoms with van der Waals surface area (Å²) in [5.41, 5.74) is 3.01. The van der Waals surface area contributed by atoms with E-state index in [4.69, 9.17) is 9.15 Å². The highest BCUT2D eigenvalue weighted by Gasteiger charge is 2.24. The van der Waals surface area contributed by atoms with Crippen molar-refractivity contribution >= 4 is 22.7 Å². The van der Waals surface area contributed by atoms with E-state index in [-0.39, 0.29) is 5.91 Å². The Labute approximate surface area is 187 Å². The van der Waals surface area contributed by atoms with Crippen LogP contribution in [0.1, 0.15) is 17.9 Å². The van der Waals surface area contributed by atoms with Gasteiger partial charge in [-0.05, 0) is 44.3 Å². The molecule has 8 heteroatoms. The monoisotopic (exact) mass is 433 g/mol. The molecule has 0 saturated carbocycles.